The summed E-state index contributed by atoms with van der Waals surface area (Å²) in [4.78, 5) is 3.95. The third-order valence-electron chi connectivity index (χ3n) is 1.81. The molecular formula is C10H9F3N2S. The van der Waals surface area contributed by atoms with Crippen LogP contribution >= 0.6 is 11.8 Å². The molecule has 6 heteroatoms. The number of nitrogens with zero attached hydrogens (tertiary/aromatic N) is 2. The molecule has 0 spiro atoms. The molecule has 0 aliphatic carbocycles. The van der Waals surface area contributed by atoms with Gasteiger partial charge in [0.2, 0.25) is 0 Å². The Morgan fingerprint density at radius 3 is 2.56 bits per heavy atom. The van der Waals surface area contributed by atoms with Gasteiger partial charge in [-0.15, -0.1) is 11.8 Å². The van der Waals surface area contributed by atoms with E-state index in [1.807, 2.05) is 0 Å². The first-order valence-corrected chi connectivity index (χ1v) is 5.50. The summed E-state index contributed by atoms with van der Waals surface area (Å²) < 4.78 is 37.9. The minimum Gasteiger partial charge on any atom is -0.245 e. The fraction of sp³-hybridized carbons (Fsp3) is 0.400. The molecule has 0 saturated heterocycles. The number of nitriles is 1. The van der Waals surface area contributed by atoms with E-state index in [2.05, 4.69) is 4.98 Å². The van der Waals surface area contributed by atoms with Crippen molar-refractivity contribution in [2.75, 3.05) is 5.75 Å². The van der Waals surface area contributed by atoms with Gasteiger partial charge in [0.05, 0.1) is 11.1 Å². The predicted molar refractivity (Wildman–Crippen MR) is 55.1 cm³/mol. The smallest absolute Gasteiger partial charge is 0.245 e. The number of aryl methyl sites for hydroxylation is 1. The average Bonchev–Trinajstić information content (AvgIpc) is 2.16. The van der Waals surface area contributed by atoms with Crippen LogP contribution in [0.15, 0.2) is 11.1 Å². The summed E-state index contributed by atoms with van der Waals surface area (Å²) in [6.07, 6.45) is -4.51. The molecule has 1 aromatic rings. The highest BCUT2D eigenvalue weighted by atomic mass is 32.2. The minimum atomic E-state index is -4.51. The molecule has 0 aliphatic heterocycles. The van der Waals surface area contributed by atoms with Crippen LogP contribution in [0.5, 0.6) is 0 Å². The van der Waals surface area contributed by atoms with E-state index in [0.717, 1.165) is 17.8 Å². The Hall–Kier alpha value is -1.22. The summed E-state index contributed by atoms with van der Waals surface area (Å²) in [6.45, 7) is 3.28. The molecule has 1 aromatic heterocycles. The monoisotopic (exact) mass is 246 g/mol. The lowest BCUT2D eigenvalue weighted by Gasteiger charge is -2.12. The van der Waals surface area contributed by atoms with Crippen molar-refractivity contribution in [1.82, 2.24) is 4.98 Å². The molecule has 1 rings (SSSR count). The van der Waals surface area contributed by atoms with Gasteiger partial charge in [0.25, 0.3) is 0 Å². The molecule has 16 heavy (non-hydrogen) atoms. The van der Waals surface area contributed by atoms with Gasteiger partial charge in [-0.2, -0.15) is 18.4 Å². The van der Waals surface area contributed by atoms with Crippen LogP contribution in [-0.4, -0.2) is 10.7 Å². The fourth-order valence-electron chi connectivity index (χ4n) is 1.22. The van der Waals surface area contributed by atoms with Gasteiger partial charge < -0.3 is 0 Å². The van der Waals surface area contributed by atoms with Crippen molar-refractivity contribution < 1.29 is 13.2 Å². The Morgan fingerprint density at radius 2 is 2.12 bits per heavy atom. The van der Waals surface area contributed by atoms with E-state index in [4.69, 9.17) is 5.26 Å². The van der Waals surface area contributed by atoms with E-state index in [1.165, 1.54) is 6.92 Å². The predicted octanol–water partition coefficient (Wildman–Crippen LogP) is 3.39. The Kier molecular flexibility index (Phi) is 3.81. The van der Waals surface area contributed by atoms with E-state index in [0.29, 0.717) is 5.75 Å². The SMILES string of the molecule is CCSc1nc(C)cc(C(F)(F)F)c1C#N. The Labute approximate surface area is 95.5 Å². The molecule has 1 heterocycles. The van der Waals surface area contributed by atoms with Gasteiger partial charge in [-0.1, -0.05) is 6.92 Å². The average molecular weight is 246 g/mol. The van der Waals surface area contributed by atoms with Crippen LogP contribution in [0.25, 0.3) is 0 Å². The first-order chi connectivity index (χ1) is 7.40. The van der Waals surface area contributed by atoms with Gasteiger partial charge in [-0.25, -0.2) is 4.98 Å². The van der Waals surface area contributed by atoms with Crippen LogP contribution in [0.1, 0.15) is 23.7 Å². The number of thioether (sulfide) groups is 1. The number of halogens is 3. The van der Waals surface area contributed by atoms with Crippen molar-refractivity contribution in [1.29, 1.82) is 5.26 Å². The highest BCUT2D eigenvalue weighted by Gasteiger charge is 2.35. The van der Waals surface area contributed by atoms with E-state index in [1.54, 1.807) is 13.0 Å². The molecule has 0 radical (unpaired) electrons. The zero-order valence-corrected chi connectivity index (χ0v) is 9.54. The number of hydrogen-bond acceptors (Lipinski definition) is 3. The molecule has 0 saturated carbocycles. The third kappa shape index (κ3) is 2.67. The van der Waals surface area contributed by atoms with E-state index in [-0.39, 0.29) is 16.3 Å². The molecule has 0 atom stereocenters. The largest absolute Gasteiger partial charge is 0.417 e. The van der Waals surface area contributed by atoms with Crippen molar-refractivity contribution >= 4 is 11.8 Å². The summed E-state index contributed by atoms with van der Waals surface area (Å²) in [7, 11) is 0. The summed E-state index contributed by atoms with van der Waals surface area (Å²) in [5.74, 6) is 0.572. The summed E-state index contributed by atoms with van der Waals surface area (Å²) in [6, 6.07) is 2.48. The van der Waals surface area contributed by atoms with E-state index in [9.17, 15) is 13.2 Å². The van der Waals surface area contributed by atoms with E-state index < -0.39 is 11.7 Å². The topological polar surface area (TPSA) is 36.7 Å². The van der Waals surface area contributed by atoms with Crippen molar-refractivity contribution in [3.05, 3.63) is 22.9 Å². The van der Waals surface area contributed by atoms with Crippen LogP contribution in [0.3, 0.4) is 0 Å². The zero-order chi connectivity index (χ0) is 12.3. The highest BCUT2D eigenvalue weighted by Crippen LogP contribution is 2.35. The second kappa shape index (κ2) is 4.74. The first kappa shape index (κ1) is 12.8. The molecule has 0 N–H and O–H groups in total. The third-order valence-corrected chi connectivity index (χ3v) is 2.67. The minimum absolute atomic E-state index is 0.150. The standard InChI is InChI=1S/C10H9F3N2S/c1-3-16-9-7(5-14)8(10(11,12)13)4-6(2)15-9/h4H,3H2,1-2H3. The molecule has 0 unspecified atom stereocenters. The van der Waals surface area contributed by atoms with Crippen LogP contribution in [0, 0.1) is 18.3 Å². The molecule has 86 valence electrons. The molecule has 0 fully saturated rings. The Bertz CT molecular complexity index is 435. The van der Waals surface area contributed by atoms with Crippen LogP contribution in [0.4, 0.5) is 13.2 Å². The maximum atomic E-state index is 12.6. The van der Waals surface area contributed by atoms with E-state index >= 15 is 0 Å². The quantitative estimate of drug-likeness (QED) is 0.750. The van der Waals surface area contributed by atoms with Crippen molar-refractivity contribution in [3.63, 3.8) is 0 Å². The maximum absolute atomic E-state index is 12.6. The lowest BCUT2D eigenvalue weighted by molar-refractivity contribution is -0.138. The second-order valence-electron chi connectivity index (χ2n) is 3.03. The number of pyridine rings is 1. The molecule has 0 amide bonds. The summed E-state index contributed by atoms with van der Waals surface area (Å²) >= 11 is 1.14. The summed E-state index contributed by atoms with van der Waals surface area (Å²) in [5.41, 5.74) is -1.02. The van der Waals surface area contributed by atoms with Crippen LogP contribution in [0.2, 0.25) is 0 Å². The zero-order valence-electron chi connectivity index (χ0n) is 8.72. The normalized spacial score (nSPS) is 11.2. The second-order valence-corrected chi connectivity index (χ2v) is 4.29. The van der Waals surface area contributed by atoms with Crippen LogP contribution in [-0.2, 0) is 6.18 Å². The molecule has 0 aliphatic rings. The first-order valence-electron chi connectivity index (χ1n) is 4.52. The molecule has 0 aromatic carbocycles. The van der Waals surface area contributed by atoms with Gasteiger partial charge in [-0.3, -0.25) is 0 Å². The Morgan fingerprint density at radius 1 is 1.50 bits per heavy atom. The number of alkyl halides is 3. The molecule has 0 bridgehead atoms. The fourth-order valence-corrected chi connectivity index (χ4v) is 2.00. The lowest BCUT2D eigenvalue weighted by atomic mass is 10.1. The highest BCUT2D eigenvalue weighted by molar-refractivity contribution is 7.99. The van der Waals surface area contributed by atoms with Crippen molar-refractivity contribution in [2.45, 2.75) is 25.0 Å². The molecule has 2 nitrogen and oxygen atoms in total. The maximum Gasteiger partial charge on any atom is 0.417 e. The lowest BCUT2D eigenvalue weighted by Crippen LogP contribution is -2.10. The number of rotatable bonds is 2. The summed E-state index contributed by atoms with van der Waals surface area (Å²) in [5, 5.41) is 8.93. The number of aromatic nitrogens is 1. The van der Waals surface area contributed by atoms with Gasteiger partial charge in [0.1, 0.15) is 11.1 Å². The van der Waals surface area contributed by atoms with Gasteiger partial charge in [0.15, 0.2) is 0 Å². The van der Waals surface area contributed by atoms with Crippen molar-refractivity contribution in [3.8, 4) is 6.07 Å². The molecular weight excluding hydrogens is 237 g/mol. The number of hydrogen-bond donors (Lipinski definition) is 0. The van der Waals surface area contributed by atoms with Gasteiger partial charge in [0, 0.05) is 5.69 Å². The van der Waals surface area contributed by atoms with Gasteiger partial charge in [-0.05, 0) is 18.7 Å². The van der Waals surface area contributed by atoms with Crippen molar-refractivity contribution in [2.24, 2.45) is 0 Å². The Balaban J connectivity index is 3.44. The van der Waals surface area contributed by atoms with Crippen LogP contribution < -0.4 is 0 Å². The van der Waals surface area contributed by atoms with Gasteiger partial charge >= 0.3 is 6.18 Å².